The maximum absolute atomic E-state index is 12.4. The van der Waals surface area contributed by atoms with E-state index in [1.807, 2.05) is 54.6 Å². The van der Waals surface area contributed by atoms with Gasteiger partial charge in [-0.15, -0.1) is 0 Å². The van der Waals surface area contributed by atoms with E-state index in [-0.39, 0.29) is 5.91 Å². The second kappa shape index (κ2) is 5.61. The first-order chi connectivity index (χ1) is 11.3. The molecule has 0 saturated heterocycles. The zero-order valence-corrected chi connectivity index (χ0v) is 12.6. The Morgan fingerprint density at radius 2 is 1.26 bits per heavy atom. The predicted molar refractivity (Wildman–Crippen MR) is 94.5 cm³/mol. The van der Waals surface area contributed by atoms with Crippen LogP contribution in [0.5, 0.6) is 0 Å². The summed E-state index contributed by atoms with van der Waals surface area (Å²) in [5, 5.41) is 5.30. The van der Waals surface area contributed by atoms with E-state index in [2.05, 4.69) is 34.1 Å². The number of nitrogens with one attached hydrogen (secondary N) is 1. The van der Waals surface area contributed by atoms with Crippen molar-refractivity contribution >= 4 is 33.4 Å². The summed E-state index contributed by atoms with van der Waals surface area (Å²) in [6, 6.07) is 25.9. The lowest BCUT2D eigenvalue weighted by atomic mass is 10.2. The van der Waals surface area contributed by atoms with Crippen molar-refractivity contribution in [3.63, 3.8) is 0 Å². The number of anilines is 1. The molecule has 23 heavy (non-hydrogen) atoms. The minimum absolute atomic E-state index is 0.0253. The van der Waals surface area contributed by atoms with Crippen molar-refractivity contribution in [2.24, 2.45) is 0 Å². The SMILES string of the molecule is O=C(Cn1c2ccccc2c2ccccc21)Nc1ccccc1. The van der Waals surface area contributed by atoms with Gasteiger partial charge in [0.15, 0.2) is 0 Å². The normalized spacial score (nSPS) is 11.0. The number of rotatable bonds is 3. The highest BCUT2D eigenvalue weighted by Gasteiger charge is 2.12. The van der Waals surface area contributed by atoms with Gasteiger partial charge in [-0.3, -0.25) is 4.79 Å². The molecule has 4 rings (SSSR count). The summed E-state index contributed by atoms with van der Waals surface area (Å²) in [7, 11) is 0. The van der Waals surface area contributed by atoms with Crippen LogP contribution >= 0.6 is 0 Å². The smallest absolute Gasteiger partial charge is 0.244 e. The van der Waals surface area contributed by atoms with Gasteiger partial charge in [0.25, 0.3) is 0 Å². The highest BCUT2D eigenvalue weighted by molar-refractivity contribution is 6.08. The second-order valence-corrected chi connectivity index (χ2v) is 5.53. The summed E-state index contributed by atoms with van der Waals surface area (Å²) in [6.07, 6.45) is 0. The maximum atomic E-state index is 12.4. The fourth-order valence-corrected chi connectivity index (χ4v) is 3.04. The quantitative estimate of drug-likeness (QED) is 0.596. The number of hydrogen-bond donors (Lipinski definition) is 1. The first-order valence-corrected chi connectivity index (χ1v) is 7.64. The summed E-state index contributed by atoms with van der Waals surface area (Å²) in [6.45, 7) is 0.295. The van der Waals surface area contributed by atoms with Crippen LogP contribution in [-0.2, 0) is 11.3 Å². The lowest BCUT2D eigenvalue weighted by Gasteiger charge is -2.08. The van der Waals surface area contributed by atoms with Crippen molar-refractivity contribution in [1.82, 2.24) is 4.57 Å². The van der Waals surface area contributed by atoms with Gasteiger partial charge in [-0.05, 0) is 24.3 Å². The zero-order valence-electron chi connectivity index (χ0n) is 12.6. The lowest BCUT2D eigenvalue weighted by molar-refractivity contribution is -0.116. The Hall–Kier alpha value is -3.07. The third-order valence-corrected chi connectivity index (χ3v) is 4.04. The largest absolute Gasteiger partial charge is 0.331 e. The van der Waals surface area contributed by atoms with Gasteiger partial charge < -0.3 is 9.88 Å². The average Bonchev–Trinajstić information content (AvgIpc) is 2.90. The van der Waals surface area contributed by atoms with Gasteiger partial charge in [-0.1, -0.05) is 54.6 Å². The Morgan fingerprint density at radius 3 is 1.87 bits per heavy atom. The van der Waals surface area contributed by atoms with Gasteiger partial charge in [0.05, 0.1) is 0 Å². The van der Waals surface area contributed by atoms with Gasteiger partial charge in [0.2, 0.25) is 5.91 Å². The van der Waals surface area contributed by atoms with Crippen molar-refractivity contribution in [3.8, 4) is 0 Å². The number of carbonyl (C=O) groups excluding carboxylic acids is 1. The number of aromatic nitrogens is 1. The van der Waals surface area contributed by atoms with E-state index >= 15 is 0 Å². The summed E-state index contributed by atoms with van der Waals surface area (Å²) < 4.78 is 2.07. The standard InChI is InChI=1S/C20H16N2O/c23-20(21-15-8-2-1-3-9-15)14-22-18-12-6-4-10-16(18)17-11-5-7-13-19(17)22/h1-13H,14H2,(H,21,23). The third-order valence-electron chi connectivity index (χ3n) is 4.04. The topological polar surface area (TPSA) is 34.0 Å². The molecule has 1 N–H and O–H groups in total. The Morgan fingerprint density at radius 1 is 0.739 bits per heavy atom. The van der Waals surface area contributed by atoms with Crippen LogP contribution < -0.4 is 5.32 Å². The molecule has 0 aliphatic carbocycles. The molecule has 112 valence electrons. The molecule has 3 aromatic carbocycles. The van der Waals surface area contributed by atoms with E-state index in [0.717, 1.165) is 16.7 Å². The Kier molecular flexibility index (Phi) is 3.31. The highest BCUT2D eigenvalue weighted by Crippen LogP contribution is 2.28. The Balaban J connectivity index is 1.74. The van der Waals surface area contributed by atoms with Crippen molar-refractivity contribution in [3.05, 3.63) is 78.9 Å². The van der Waals surface area contributed by atoms with E-state index < -0.39 is 0 Å². The minimum Gasteiger partial charge on any atom is -0.331 e. The number of amides is 1. The minimum atomic E-state index is -0.0253. The fourth-order valence-electron chi connectivity index (χ4n) is 3.04. The van der Waals surface area contributed by atoms with Crippen molar-refractivity contribution in [2.75, 3.05) is 5.32 Å². The van der Waals surface area contributed by atoms with E-state index in [1.165, 1.54) is 10.8 Å². The maximum Gasteiger partial charge on any atom is 0.244 e. The number of nitrogens with zero attached hydrogens (tertiary/aromatic N) is 1. The molecule has 0 bridgehead atoms. The number of hydrogen-bond acceptors (Lipinski definition) is 1. The molecule has 3 heteroatoms. The fraction of sp³-hybridized carbons (Fsp3) is 0.0500. The second-order valence-electron chi connectivity index (χ2n) is 5.53. The predicted octanol–water partition coefficient (Wildman–Crippen LogP) is 4.43. The van der Waals surface area contributed by atoms with E-state index in [0.29, 0.717) is 6.54 Å². The van der Waals surface area contributed by atoms with Gasteiger partial charge in [0, 0.05) is 27.5 Å². The van der Waals surface area contributed by atoms with Gasteiger partial charge in [-0.2, -0.15) is 0 Å². The van der Waals surface area contributed by atoms with Crippen molar-refractivity contribution in [2.45, 2.75) is 6.54 Å². The van der Waals surface area contributed by atoms with Crippen LogP contribution in [0.2, 0.25) is 0 Å². The Bertz CT molecular complexity index is 933. The molecular formula is C20H16N2O. The lowest BCUT2D eigenvalue weighted by Crippen LogP contribution is -2.18. The molecule has 3 nitrogen and oxygen atoms in total. The molecule has 0 radical (unpaired) electrons. The first kappa shape index (κ1) is 13.6. The molecule has 0 spiro atoms. The number of benzene rings is 3. The molecule has 1 aromatic heterocycles. The van der Waals surface area contributed by atoms with Crippen LogP contribution in [0.25, 0.3) is 21.8 Å². The molecular weight excluding hydrogens is 284 g/mol. The molecule has 0 aliphatic heterocycles. The molecule has 1 heterocycles. The monoisotopic (exact) mass is 300 g/mol. The van der Waals surface area contributed by atoms with Gasteiger partial charge in [-0.25, -0.2) is 0 Å². The third kappa shape index (κ3) is 2.46. The van der Waals surface area contributed by atoms with Crippen molar-refractivity contribution < 1.29 is 4.79 Å². The van der Waals surface area contributed by atoms with Crippen molar-refractivity contribution in [1.29, 1.82) is 0 Å². The van der Waals surface area contributed by atoms with Crippen LogP contribution in [0.1, 0.15) is 0 Å². The summed E-state index contributed by atoms with van der Waals surface area (Å²) in [5.41, 5.74) is 2.98. The highest BCUT2D eigenvalue weighted by atomic mass is 16.1. The zero-order chi connectivity index (χ0) is 15.6. The molecule has 0 unspecified atom stereocenters. The molecule has 0 atom stereocenters. The molecule has 4 aromatic rings. The number of fused-ring (bicyclic) bond motifs is 3. The Labute approximate surface area is 134 Å². The van der Waals surface area contributed by atoms with E-state index in [1.54, 1.807) is 0 Å². The number of carbonyl (C=O) groups is 1. The van der Waals surface area contributed by atoms with Crippen LogP contribution in [0.3, 0.4) is 0 Å². The molecule has 0 saturated carbocycles. The van der Waals surface area contributed by atoms with Crippen LogP contribution in [0, 0.1) is 0 Å². The molecule has 0 fully saturated rings. The molecule has 1 amide bonds. The van der Waals surface area contributed by atoms with Gasteiger partial charge in [0.1, 0.15) is 6.54 Å². The number of para-hydroxylation sites is 3. The molecule has 0 aliphatic rings. The van der Waals surface area contributed by atoms with Crippen LogP contribution in [0.4, 0.5) is 5.69 Å². The van der Waals surface area contributed by atoms with Crippen LogP contribution in [0.15, 0.2) is 78.9 Å². The summed E-state index contributed by atoms with van der Waals surface area (Å²) in [5.74, 6) is -0.0253. The van der Waals surface area contributed by atoms with Crippen LogP contribution in [-0.4, -0.2) is 10.5 Å². The first-order valence-electron chi connectivity index (χ1n) is 7.64. The van der Waals surface area contributed by atoms with E-state index in [9.17, 15) is 4.79 Å². The average molecular weight is 300 g/mol. The summed E-state index contributed by atoms with van der Waals surface area (Å²) >= 11 is 0. The summed E-state index contributed by atoms with van der Waals surface area (Å²) in [4.78, 5) is 12.4. The van der Waals surface area contributed by atoms with Gasteiger partial charge >= 0.3 is 0 Å². The van der Waals surface area contributed by atoms with E-state index in [4.69, 9.17) is 0 Å².